The summed E-state index contributed by atoms with van der Waals surface area (Å²) in [7, 11) is -2.06. The topological polar surface area (TPSA) is 143 Å². The molecular formula is C19H23F2N5O4S. The molecule has 1 unspecified atom stereocenters. The first-order valence-corrected chi connectivity index (χ1v) is 10.8. The van der Waals surface area contributed by atoms with E-state index in [0.717, 1.165) is 6.07 Å². The molecule has 0 aliphatic carbocycles. The van der Waals surface area contributed by atoms with Crippen molar-refractivity contribution in [2.45, 2.75) is 24.1 Å². The van der Waals surface area contributed by atoms with E-state index in [-0.39, 0.29) is 28.7 Å². The second-order valence-corrected chi connectivity index (χ2v) is 10.2. The maximum absolute atomic E-state index is 14.7. The third kappa shape index (κ3) is 4.05. The smallest absolute Gasteiger partial charge is 0.275 e. The van der Waals surface area contributed by atoms with Crippen molar-refractivity contribution in [3.63, 3.8) is 0 Å². The van der Waals surface area contributed by atoms with Crippen LogP contribution in [-0.4, -0.2) is 55.1 Å². The van der Waals surface area contributed by atoms with Gasteiger partial charge >= 0.3 is 0 Å². The van der Waals surface area contributed by atoms with E-state index in [4.69, 9.17) is 10.5 Å². The first-order chi connectivity index (χ1) is 14.5. The monoisotopic (exact) mass is 455 g/mol. The van der Waals surface area contributed by atoms with Crippen LogP contribution in [0.15, 0.2) is 35.6 Å². The molecule has 1 aromatic heterocycles. The van der Waals surface area contributed by atoms with Crippen LogP contribution in [0.1, 0.15) is 29.9 Å². The van der Waals surface area contributed by atoms with Crippen LogP contribution in [0.3, 0.4) is 0 Å². The van der Waals surface area contributed by atoms with Gasteiger partial charge < -0.3 is 15.8 Å². The minimum Gasteiger partial charge on any atom is -0.480 e. The molecule has 1 aliphatic rings. The third-order valence-electron chi connectivity index (χ3n) is 5.23. The third-order valence-corrected chi connectivity index (χ3v) is 7.95. The maximum Gasteiger partial charge on any atom is 0.275 e. The second kappa shape index (κ2) is 8.02. The average Bonchev–Trinajstić information content (AvgIpc) is 2.73. The number of benzene rings is 1. The number of ether oxygens (including phenoxy) is 1. The number of hydrogen-bond acceptors (Lipinski definition) is 8. The van der Waals surface area contributed by atoms with E-state index in [0.29, 0.717) is 0 Å². The molecule has 0 saturated carbocycles. The number of halogens is 2. The number of amides is 1. The molecule has 5 N–H and O–H groups in total. The van der Waals surface area contributed by atoms with Crippen LogP contribution in [0.5, 0.6) is 5.88 Å². The van der Waals surface area contributed by atoms with E-state index in [2.05, 4.69) is 20.3 Å². The maximum atomic E-state index is 14.7. The van der Waals surface area contributed by atoms with E-state index < -0.39 is 45.0 Å². The van der Waals surface area contributed by atoms with Crippen LogP contribution >= 0.6 is 10.6 Å². The summed E-state index contributed by atoms with van der Waals surface area (Å²) in [6.45, 7) is 1.73. The van der Waals surface area contributed by atoms with Gasteiger partial charge in [0.05, 0.1) is 25.3 Å². The Kier molecular flexibility index (Phi) is 5.91. The van der Waals surface area contributed by atoms with Crippen LogP contribution in [-0.2, 0) is 5.54 Å². The molecule has 0 bridgehead atoms. The van der Waals surface area contributed by atoms with Crippen LogP contribution in [0.2, 0.25) is 0 Å². The van der Waals surface area contributed by atoms with Gasteiger partial charge in [0, 0.05) is 11.3 Å². The van der Waals surface area contributed by atoms with Gasteiger partial charge in [-0.1, -0.05) is 0 Å². The minimum absolute atomic E-state index is 0.0252. The van der Waals surface area contributed by atoms with Gasteiger partial charge in [0.1, 0.15) is 34.3 Å². The van der Waals surface area contributed by atoms with E-state index in [1.807, 2.05) is 0 Å². The summed E-state index contributed by atoms with van der Waals surface area (Å²) >= 11 is 0. The number of carbonyl (C=O) groups excluding carboxylic acids is 1. The average molecular weight is 455 g/mol. The number of methoxy groups -OCH3 is 1. The van der Waals surface area contributed by atoms with E-state index >= 15 is 0 Å². The fraction of sp³-hybridized carbons (Fsp3) is 0.368. The van der Waals surface area contributed by atoms with Crippen LogP contribution in [0.4, 0.5) is 14.5 Å². The number of rotatable bonds is 5. The first kappa shape index (κ1) is 22.8. The van der Waals surface area contributed by atoms with E-state index in [1.54, 1.807) is 0 Å². The fourth-order valence-corrected chi connectivity index (χ4v) is 4.75. The van der Waals surface area contributed by atoms with Crippen LogP contribution < -0.4 is 15.8 Å². The standard InChI is InChI=1S/C19H23F2N5O4S/c1-18(2)17(22)26-19(9-20,10-31(18,28)29)12-6-11(4-5-13(12)21)25-16(27)14-7-24-15(30-3)8-23-14/h4-8,28-29H,9-10H2,1-3H3,(H2,22,26)(H,25,27). The summed E-state index contributed by atoms with van der Waals surface area (Å²) < 4.78 is 53.7. The summed E-state index contributed by atoms with van der Waals surface area (Å²) in [6, 6.07) is 3.49. The predicted molar refractivity (Wildman–Crippen MR) is 114 cm³/mol. The normalized spacial score (nSPS) is 22.9. The number of nitrogens with one attached hydrogen (secondary N) is 1. The lowest BCUT2D eigenvalue weighted by Gasteiger charge is -2.53. The molecule has 0 spiro atoms. The molecule has 1 atom stereocenters. The Bertz CT molecular complexity index is 1030. The molecule has 0 fully saturated rings. The molecule has 1 aromatic carbocycles. The van der Waals surface area contributed by atoms with Crippen LogP contribution in [0, 0.1) is 5.82 Å². The zero-order valence-electron chi connectivity index (χ0n) is 17.1. The van der Waals surface area contributed by atoms with E-state index in [1.165, 1.54) is 45.5 Å². The summed E-state index contributed by atoms with van der Waals surface area (Å²) in [5.74, 6) is -1.99. The number of nitrogens with zero attached hydrogens (tertiary/aromatic N) is 3. The predicted octanol–water partition coefficient (Wildman–Crippen LogP) is 2.94. The molecule has 9 nitrogen and oxygen atoms in total. The molecule has 2 aromatic rings. The Morgan fingerprint density at radius 2 is 2.03 bits per heavy atom. The summed E-state index contributed by atoms with van der Waals surface area (Å²) in [5.41, 5.74) is 3.81. The fourth-order valence-electron chi connectivity index (χ4n) is 3.05. The minimum atomic E-state index is -3.46. The quantitative estimate of drug-likeness (QED) is 0.543. The highest BCUT2D eigenvalue weighted by Gasteiger charge is 2.51. The van der Waals surface area contributed by atoms with Crippen molar-refractivity contribution in [2.75, 3.05) is 24.9 Å². The largest absolute Gasteiger partial charge is 0.480 e. The first-order valence-electron chi connectivity index (χ1n) is 9.10. The highest BCUT2D eigenvalue weighted by atomic mass is 32.3. The Labute approximate surface area is 179 Å². The van der Waals surface area contributed by atoms with Crippen molar-refractivity contribution in [3.8, 4) is 5.88 Å². The molecule has 0 radical (unpaired) electrons. The van der Waals surface area contributed by atoms with E-state index in [9.17, 15) is 22.7 Å². The van der Waals surface area contributed by atoms with Crippen molar-refractivity contribution in [3.05, 3.63) is 47.7 Å². The Balaban J connectivity index is 1.98. The Morgan fingerprint density at radius 3 is 2.58 bits per heavy atom. The number of amidine groups is 1. The second-order valence-electron chi connectivity index (χ2n) is 7.58. The lowest BCUT2D eigenvalue weighted by atomic mass is 9.92. The van der Waals surface area contributed by atoms with Crippen molar-refractivity contribution in [2.24, 2.45) is 10.7 Å². The number of hydrogen-bond donors (Lipinski definition) is 4. The van der Waals surface area contributed by atoms with Gasteiger partial charge in [-0.15, -0.1) is 0 Å². The molecule has 31 heavy (non-hydrogen) atoms. The lowest BCUT2D eigenvalue weighted by Crippen LogP contribution is -2.53. The molecule has 168 valence electrons. The van der Waals surface area contributed by atoms with Gasteiger partial charge in [-0.25, -0.2) is 18.7 Å². The van der Waals surface area contributed by atoms with Crippen molar-refractivity contribution < 1.29 is 27.4 Å². The van der Waals surface area contributed by atoms with Gasteiger partial charge in [0.15, 0.2) is 0 Å². The number of alkyl halides is 1. The van der Waals surface area contributed by atoms with Crippen LogP contribution in [0.25, 0.3) is 0 Å². The number of anilines is 1. The van der Waals surface area contributed by atoms with Crippen molar-refractivity contribution >= 4 is 28.0 Å². The molecular weight excluding hydrogens is 432 g/mol. The number of carbonyl (C=O) groups is 1. The van der Waals surface area contributed by atoms with Gasteiger partial charge in [-0.2, -0.15) is 10.6 Å². The van der Waals surface area contributed by atoms with Crippen molar-refractivity contribution in [1.82, 2.24) is 9.97 Å². The van der Waals surface area contributed by atoms with Gasteiger partial charge in [-0.3, -0.25) is 18.9 Å². The molecule has 12 heteroatoms. The molecule has 1 aliphatic heterocycles. The Morgan fingerprint density at radius 1 is 1.32 bits per heavy atom. The van der Waals surface area contributed by atoms with Gasteiger partial charge in [0.25, 0.3) is 5.91 Å². The zero-order valence-corrected chi connectivity index (χ0v) is 17.9. The molecule has 2 heterocycles. The highest BCUT2D eigenvalue weighted by molar-refractivity contribution is 8.26. The molecule has 1 amide bonds. The number of nitrogens with two attached hydrogens (primary N) is 1. The molecule has 0 saturated heterocycles. The molecule has 3 rings (SSSR count). The summed E-state index contributed by atoms with van der Waals surface area (Å²) in [6.07, 6.45) is 2.46. The van der Waals surface area contributed by atoms with Gasteiger partial charge in [0.2, 0.25) is 5.88 Å². The van der Waals surface area contributed by atoms with Gasteiger partial charge in [-0.05, 0) is 32.0 Å². The lowest BCUT2D eigenvalue weighted by molar-refractivity contribution is 0.102. The van der Waals surface area contributed by atoms with Crippen molar-refractivity contribution in [1.29, 1.82) is 0 Å². The SMILES string of the molecule is COc1cnc(C(=O)Nc2ccc(F)c(C3(CF)CS(O)(O)C(C)(C)C(N)=N3)c2)cn1. The zero-order chi connectivity index (χ0) is 23.0. The number of aliphatic imine (C=N–C) groups is 1. The number of aromatic nitrogens is 2. The highest BCUT2D eigenvalue weighted by Crippen LogP contribution is 2.59. The Hall–Kier alpha value is -2.83. The summed E-state index contributed by atoms with van der Waals surface area (Å²) in [5, 5.41) is 2.52. The summed E-state index contributed by atoms with van der Waals surface area (Å²) in [4.78, 5) is 24.4.